The molecule has 1 fully saturated rings. The predicted octanol–water partition coefficient (Wildman–Crippen LogP) is 1.10. The molecule has 1 atom stereocenters. The molecule has 0 bridgehead atoms. The highest BCUT2D eigenvalue weighted by molar-refractivity contribution is 6.31. The third-order valence-electron chi connectivity index (χ3n) is 3.10. The summed E-state index contributed by atoms with van der Waals surface area (Å²) in [6.45, 7) is 2.00. The molecule has 3 N–H and O–H groups in total. The first-order valence-electron chi connectivity index (χ1n) is 6.06. The maximum Gasteiger partial charge on any atom is 0.220 e. The highest BCUT2D eigenvalue weighted by atomic mass is 35.5. The number of amides is 1. The lowest BCUT2D eigenvalue weighted by Gasteiger charge is -2.26. The molecule has 1 unspecified atom stereocenters. The summed E-state index contributed by atoms with van der Waals surface area (Å²) in [5.41, 5.74) is 0.643. The van der Waals surface area contributed by atoms with Gasteiger partial charge in [-0.2, -0.15) is 0 Å². The Morgan fingerprint density at radius 1 is 1.50 bits per heavy atom. The van der Waals surface area contributed by atoms with Crippen LogP contribution in [0.15, 0.2) is 24.3 Å². The van der Waals surface area contributed by atoms with E-state index in [1.54, 1.807) is 18.2 Å². The number of halogens is 1. The molecule has 0 aliphatic carbocycles. The van der Waals surface area contributed by atoms with Gasteiger partial charge in [0.1, 0.15) is 0 Å². The van der Waals surface area contributed by atoms with E-state index in [9.17, 15) is 9.90 Å². The summed E-state index contributed by atoms with van der Waals surface area (Å²) in [6.07, 6.45) is -0.246. The van der Waals surface area contributed by atoms with Crippen molar-refractivity contribution in [1.82, 2.24) is 10.6 Å². The Morgan fingerprint density at radius 2 is 2.22 bits per heavy atom. The van der Waals surface area contributed by atoms with Crippen LogP contribution in [0.5, 0.6) is 0 Å². The summed E-state index contributed by atoms with van der Waals surface area (Å²) >= 11 is 5.97. The van der Waals surface area contributed by atoms with E-state index in [2.05, 4.69) is 10.6 Å². The van der Waals surface area contributed by atoms with Gasteiger partial charge in [0, 0.05) is 23.6 Å². The second-order valence-electron chi connectivity index (χ2n) is 4.57. The Kier molecular flexibility index (Phi) is 4.58. The van der Waals surface area contributed by atoms with Crippen LogP contribution in [0.3, 0.4) is 0 Å². The number of hydrogen-bond acceptors (Lipinski definition) is 3. The zero-order chi connectivity index (χ0) is 13.0. The first-order chi connectivity index (χ1) is 8.66. The highest BCUT2D eigenvalue weighted by Crippen LogP contribution is 2.21. The van der Waals surface area contributed by atoms with E-state index in [0.29, 0.717) is 22.9 Å². The number of aliphatic hydroxyl groups is 1. The van der Waals surface area contributed by atoms with Gasteiger partial charge in [-0.1, -0.05) is 29.8 Å². The Bertz CT molecular complexity index is 421. The average molecular weight is 269 g/mol. The maximum atomic E-state index is 11.6. The van der Waals surface area contributed by atoms with Crippen molar-refractivity contribution >= 4 is 17.5 Å². The molecule has 1 aliphatic heterocycles. The van der Waals surface area contributed by atoms with E-state index in [1.807, 2.05) is 6.07 Å². The van der Waals surface area contributed by atoms with Gasteiger partial charge < -0.3 is 15.7 Å². The molecule has 2 rings (SSSR count). The number of nitrogens with one attached hydrogen (secondary N) is 2. The first kappa shape index (κ1) is 13.3. The highest BCUT2D eigenvalue weighted by Gasteiger charge is 2.20. The molecule has 18 heavy (non-hydrogen) atoms. The lowest BCUT2D eigenvalue weighted by atomic mass is 9.99. The summed E-state index contributed by atoms with van der Waals surface area (Å²) in [5, 5.41) is 16.3. The number of rotatable bonds is 5. The third-order valence-corrected chi connectivity index (χ3v) is 3.44. The van der Waals surface area contributed by atoms with Crippen molar-refractivity contribution < 1.29 is 9.90 Å². The second kappa shape index (κ2) is 6.18. The number of carbonyl (C=O) groups excluding carboxylic acids is 1. The standard InChI is InChI=1S/C13H17ClN2O2/c14-11-4-2-1-3-10(11)12(17)8-16-13(18)5-9-6-15-7-9/h1-4,9,12,15,17H,5-8H2,(H,16,18). The fourth-order valence-electron chi connectivity index (χ4n) is 1.89. The van der Waals surface area contributed by atoms with Crippen LogP contribution in [-0.4, -0.2) is 30.6 Å². The van der Waals surface area contributed by atoms with Gasteiger partial charge in [-0.05, 0) is 25.1 Å². The van der Waals surface area contributed by atoms with E-state index in [0.717, 1.165) is 13.1 Å². The SMILES string of the molecule is O=C(CC1CNC1)NCC(O)c1ccccc1Cl. The van der Waals surface area contributed by atoms with Gasteiger partial charge in [-0.15, -0.1) is 0 Å². The van der Waals surface area contributed by atoms with Crippen LogP contribution in [0.25, 0.3) is 0 Å². The topological polar surface area (TPSA) is 61.4 Å². The van der Waals surface area contributed by atoms with E-state index < -0.39 is 6.10 Å². The van der Waals surface area contributed by atoms with Crippen LogP contribution in [-0.2, 0) is 4.79 Å². The van der Waals surface area contributed by atoms with Crippen molar-refractivity contribution in [2.75, 3.05) is 19.6 Å². The Morgan fingerprint density at radius 3 is 2.83 bits per heavy atom. The van der Waals surface area contributed by atoms with Crippen molar-refractivity contribution in [1.29, 1.82) is 0 Å². The quantitative estimate of drug-likeness (QED) is 0.749. The molecule has 0 saturated carbocycles. The van der Waals surface area contributed by atoms with E-state index >= 15 is 0 Å². The molecule has 5 heteroatoms. The number of hydrogen-bond donors (Lipinski definition) is 3. The van der Waals surface area contributed by atoms with Crippen molar-refractivity contribution in [3.8, 4) is 0 Å². The van der Waals surface area contributed by atoms with Crippen molar-refractivity contribution in [3.05, 3.63) is 34.9 Å². The molecule has 0 aromatic heterocycles. The molecule has 0 radical (unpaired) electrons. The Balaban J connectivity index is 1.78. The normalized spacial score (nSPS) is 17.0. The lowest BCUT2D eigenvalue weighted by molar-refractivity contribution is -0.122. The molecular weight excluding hydrogens is 252 g/mol. The van der Waals surface area contributed by atoms with Gasteiger partial charge in [0.15, 0.2) is 0 Å². The van der Waals surface area contributed by atoms with Gasteiger partial charge >= 0.3 is 0 Å². The van der Waals surface area contributed by atoms with Crippen LogP contribution in [0.2, 0.25) is 5.02 Å². The maximum absolute atomic E-state index is 11.6. The molecular formula is C13H17ClN2O2. The summed E-state index contributed by atoms with van der Waals surface area (Å²) in [6, 6.07) is 7.10. The van der Waals surface area contributed by atoms with Gasteiger partial charge in [0.2, 0.25) is 5.91 Å². The third kappa shape index (κ3) is 3.45. The van der Waals surface area contributed by atoms with Crippen LogP contribution in [0.1, 0.15) is 18.1 Å². The van der Waals surface area contributed by atoms with Gasteiger partial charge in [-0.3, -0.25) is 4.79 Å². The largest absolute Gasteiger partial charge is 0.387 e. The van der Waals surface area contributed by atoms with E-state index in [1.165, 1.54) is 0 Å². The summed E-state index contributed by atoms with van der Waals surface area (Å²) in [5.74, 6) is 0.412. The summed E-state index contributed by atoms with van der Waals surface area (Å²) in [4.78, 5) is 11.6. The molecule has 4 nitrogen and oxygen atoms in total. The average Bonchev–Trinajstić information content (AvgIpc) is 2.31. The van der Waals surface area contributed by atoms with E-state index in [4.69, 9.17) is 11.6 Å². The molecule has 1 amide bonds. The Hall–Kier alpha value is -1.10. The Labute approximate surface area is 111 Å². The summed E-state index contributed by atoms with van der Waals surface area (Å²) < 4.78 is 0. The lowest BCUT2D eigenvalue weighted by Crippen LogP contribution is -2.44. The molecule has 1 heterocycles. The smallest absolute Gasteiger partial charge is 0.220 e. The fraction of sp³-hybridized carbons (Fsp3) is 0.462. The predicted molar refractivity (Wildman–Crippen MR) is 70.4 cm³/mol. The van der Waals surface area contributed by atoms with Gasteiger partial charge in [0.05, 0.1) is 6.10 Å². The number of carbonyl (C=O) groups is 1. The number of aliphatic hydroxyl groups excluding tert-OH is 1. The zero-order valence-electron chi connectivity index (χ0n) is 10.0. The molecule has 1 aromatic rings. The number of benzene rings is 1. The minimum atomic E-state index is -0.762. The molecule has 1 aliphatic rings. The fourth-order valence-corrected chi connectivity index (χ4v) is 2.15. The molecule has 1 saturated heterocycles. The van der Waals surface area contributed by atoms with Crippen LogP contribution < -0.4 is 10.6 Å². The van der Waals surface area contributed by atoms with Crippen LogP contribution in [0, 0.1) is 5.92 Å². The monoisotopic (exact) mass is 268 g/mol. The summed E-state index contributed by atoms with van der Waals surface area (Å²) in [7, 11) is 0. The zero-order valence-corrected chi connectivity index (χ0v) is 10.8. The van der Waals surface area contributed by atoms with Gasteiger partial charge in [-0.25, -0.2) is 0 Å². The van der Waals surface area contributed by atoms with Crippen molar-refractivity contribution in [3.63, 3.8) is 0 Å². The molecule has 0 spiro atoms. The van der Waals surface area contributed by atoms with Crippen molar-refractivity contribution in [2.24, 2.45) is 5.92 Å². The van der Waals surface area contributed by atoms with Crippen LogP contribution in [0.4, 0.5) is 0 Å². The van der Waals surface area contributed by atoms with E-state index in [-0.39, 0.29) is 12.5 Å². The minimum absolute atomic E-state index is 0.0207. The van der Waals surface area contributed by atoms with Gasteiger partial charge in [0.25, 0.3) is 0 Å². The van der Waals surface area contributed by atoms with Crippen molar-refractivity contribution in [2.45, 2.75) is 12.5 Å². The molecule has 98 valence electrons. The molecule has 1 aromatic carbocycles. The first-order valence-corrected chi connectivity index (χ1v) is 6.44. The minimum Gasteiger partial charge on any atom is -0.387 e. The second-order valence-corrected chi connectivity index (χ2v) is 4.98. The van der Waals surface area contributed by atoms with Crippen LogP contribution >= 0.6 is 11.6 Å².